The SMILES string of the molecule is Cl.NC[C@@H](N)c1cc([N+](=O)[O-])ccc1F. The van der Waals surface area contributed by atoms with Gasteiger partial charge in [-0.1, -0.05) is 0 Å². The van der Waals surface area contributed by atoms with Crippen LogP contribution in [-0.4, -0.2) is 11.5 Å². The number of nitro groups is 1. The molecule has 1 rings (SSSR count). The fourth-order valence-corrected chi connectivity index (χ4v) is 1.06. The lowest BCUT2D eigenvalue weighted by Crippen LogP contribution is -2.21. The number of rotatable bonds is 3. The van der Waals surface area contributed by atoms with Gasteiger partial charge in [0, 0.05) is 30.3 Å². The second kappa shape index (κ2) is 5.59. The van der Waals surface area contributed by atoms with Crippen molar-refractivity contribution in [2.24, 2.45) is 11.5 Å². The van der Waals surface area contributed by atoms with Crippen molar-refractivity contribution in [3.63, 3.8) is 0 Å². The molecular weight excluding hydrogens is 225 g/mol. The molecule has 0 saturated heterocycles. The smallest absolute Gasteiger partial charge is 0.269 e. The van der Waals surface area contributed by atoms with Crippen molar-refractivity contribution in [1.82, 2.24) is 0 Å². The first-order valence-corrected chi connectivity index (χ1v) is 3.95. The number of nitrogens with zero attached hydrogens (tertiary/aromatic N) is 1. The van der Waals surface area contributed by atoms with E-state index in [1.54, 1.807) is 0 Å². The number of hydrogen-bond donors (Lipinski definition) is 2. The summed E-state index contributed by atoms with van der Waals surface area (Å²) in [6.07, 6.45) is 0. The van der Waals surface area contributed by atoms with E-state index in [0.717, 1.165) is 18.2 Å². The highest BCUT2D eigenvalue weighted by atomic mass is 35.5. The Morgan fingerprint density at radius 3 is 2.60 bits per heavy atom. The first kappa shape index (κ1) is 13.8. The van der Waals surface area contributed by atoms with E-state index in [-0.39, 0.29) is 30.2 Å². The Balaban J connectivity index is 0.00000196. The van der Waals surface area contributed by atoms with Crippen molar-refractivity contribution in [3.05, 3.63) is 39.7 Å². The van der Waals surface area contributed by atoms with E-state index < -0.39 is 16.8 Å². The van der Waals surface area contributed by atoms with Gasteiger partial charge < -0.3 is 11.5 Å². The number of benzene rings is 1. The van der Waals surface area contributed by atoms with Gasteiger partial charge in [0.05, 0.1) is 4.92 Å². The molecule has 0 aliphatic heterocycles. The minimum absolute atomic E-state index is 0. The number of hydrogen-bond acceptors (Lipinski definition) is 4. The fourth-order valence-electron chi connectivity index (χ4n) is 1.06. The molecule has 0 heterocycles. The molecule has 15 heavy (non-hydrogen) atoms. The van der Waals surface area contributed by atoms with Crippen LogP contribution in [0.3, 0.4) is 0 Å². The molecule has 7 heteroatoms. The summed E-state index contributed by atoms with van der Waals surface area (Å²) < 4.78 is 13.1. The van der Waals surface area contributed by atoms with Crippen molar-refractivity contribution in [2.45, 2.75) is 6.04 Å². The molecule has 1 aromatic rings. The quantitative estimate of drug-likeness (QED) is 0.606. The molecule has 0 unspecified atom stereocenters. The minimum Gasteiger partial charge on any atom is -0.329 e. The average Bonchev–Trinajstić information content (AvgIpc) is 2.17. The maximum Gasteiger partial charge on any atom is 0.269 e. The van der Waals surface area contributed by atoms with Gasteiger partial charge in [-0.15, -0.1) is 12.4 Å². The van der Waals surface area contributed by atoms with Gasteiger partial charge in [0.25, 0.3) is 5.69 Å². The van der Waals surface area contributed by atoms with E-state index in [2.05, 4.69) is 0 Å². The summed E-state index contributed by atoms with van der Waals surface area (Å²) in [5.41, 5.74) is 10.6. The second-order valence-corrected chi connectivity index (χ2v) is 2.81. The highest BCUT2D eigenvalue weighted by Gasteiger charge is 2.14. The first-order valence-electron chi connectivity index (χ1n) is 3.95. The zero-order valence-electron chi connectivity index (χ0n) is 7.72. The highest BCUT2D eigenvalue weighted by molar-refractivity contribution is 5.85. The van der Waals surface area contributed by atoms with Gasteiger partial charge >= 0.3 is 0 Å². The van der Waals surface area contributed by atoms with Crippen LogP contribution in [0.2, 0.25) is 0 Å². The fraction of sp³-hybridized carbons (Fsp3) is 0.250. The standard InChI is InChI=1S/C8H10FN3O2.ClH/c9-7-2-1-5(12(13)14)3-6(7)8(11)4-10;/h1-3,8H,4,10-11H2;1H/t8-;/m1./s1. The molecular formula is C8H11ClFN3O2. The Labute approximate surface area is 91.8 Å². The van der Waals surface area contributed by atoms with Gasteiger partial charge in [-0.2, -0.15) is 0 Å². The van der Waals surface area contributed by atoms with Crippen LogP contribution >= 0.6 is 12.4 Å². The van der Waals surface area contributed by atoms with Crippen LogP contribution in [0.1, 0.15) is 11.6 Å². The van der Waals surface area contributed by atoms with Crippen LogP contribution in [0, 0.1) is 15.9 Å². The predicted octanol–water partition coefficient (Wildman–Crippen LogP) is 1.11. The van der Waals surface area contributed by atoms with E-state index >= 15 is 0 Å². The molecule has 0 radical (unpaired) electrons. The van der Waals surface area contributed by atoms with E-state index in [4.69, 9.17) is 11.5 Å². The lowest BCUT2D eigenvalue weighted by atomic mass is 10.1. The Bertz CT molecular complexity index is 362. The molecule has 0 aromatic heterocycles. The van der Waals surface area contributed by atoms with Crippen LogP contribution in [0.5, 0.6) is 0 Å². The van der Waals surface area contributed by atoms with Crippen molar-refractivity contribution < 1.29 is 9.31 Å². The third-order valence-corrected chi connectivity index (χ3v) is 1.84. The van der Waals surface area contributed by atoms with Crippen LogP contribution in [0.25, 0.3) is 0 Å². The number of non-ortho nitro benzene ring substituents is 1. The lowest BCUT2D eigenvalue weighted by molar-refractivity contribution is -0.385. The summed E-state index contributed by atoms with van der Waals surface area (Å²) in [5.74, 6) is -0.575. The topological polar surface area (TPSA) is 95.2 Å². The Kier molecular flexibility index (Phi) is 5.13. The molecule has 1 atom stereocenters. The Morgan fingerprint density at radius 1 is 1.53 bits per heavy atom. The van der Waals surface area contributed by atoms with E-state index in [1.807, 2.05) is 0 Å². The zero-order valence-corrected chi connectivity index (χ0v) is 8.54. The number of halogens is 2. The summed E-state index contributed by atoms with van der Waals surface area (Å²) >= 11 is 0. The number of nitrogens with two attached hydrogens (primary N) is 2. The first-order chi connectivity index (χ1) is 6.56. The average molecular weight is 236 g/mol. The molecule has 0 amide bonds. The maximum absolute atomic E-state index is 13.1. The minimum atomic E-state index is -0.713. The van der Waals surface area contributed by atoms with Crippen molar-refractivity contribution in [2.75, 3.05) is 6.54 Å². The normalized spacial score (nSPS) is 11.7. The van der Waals surface area contributed by atoms with Crippen LogP contribution in [0.15, 0.2) is 18.2 Å². The van der Waals surface area contributed by atoms with Crippen LogP contribution in [0.4, 0.5) is 10.1 Å². The molecule has 4 N–H and O–H groups in total. The molecule has 0 aliphatic carbocycles. The lowest BCUT2D eigenvalue weighted by Gasteiger charge is -2.09. The van der Waals surface area contributed by atoms with Gasteiger partial charge in [0.15, 0.2) is 0 Å². The molecule has 0 aliphatic rings. The van der Waals surface area contributed by atoms with Crippen molar-refractivity contribution in [3.8, 4) is 0 Å². The van der Waals surface area contributed by atoms with Crippen molar-refractivity contribution in [1.29, 1.82) is 0 Å². The second-order valence-electron chi connectivity index (χ2n) is 2.81. The van der Waals surface area contributed by atoms with Crippen LogP contribution in [-0.2, 0) is 0 Å². The monoisotopic (exact) mass is 235 g/mol. The Morgan fingerprint density at radius 2 is 2.13 bits per heavy atom. The molecule has 0 bridgehead atoms. The largest absolute Gasteiger partial charge is 0.329 e. The highest BCUT2D eigenvalue weighted by Crippen LogP contribution is 2.20. The van der Waals surface area contributed by atoms with Gasteiger partial charge in [-0.05, 0) is 6.07 Å². The number of nitro benzene ring substituents is 1. The molecule has 84 valence electrons. The van der Waals surface area contributed by atoms with Gasteiger partial charge in [0.1, 0.15) is 5.82 Å². The Hall–Kier alpha value is -1.24. The molecule has 0 spiro atoms. The van der Waals surface area contributed by atoms with Gasteiger partial charge in [-0.3, -0.25) is 10.1 Å². The third-order valence-electron chi connectivity index (χ3n) is 1.84. The maximum atomic E-state index is 13.1. The van der Waals surface area contributed by atoms with Gasteiger partial charge in [-0.25, -0.2) is 4.39 Å². The predicted molar refractivity (Wildman–Crippen MR) is 56.3 cm³/mol. The molecule has 5 nitrogen and oxygen atoms in total. The van der Waals surface area contributed by atoms with Gasteiger partial charge in [0.2, 0.25) is 0 Å². The summed E-state index contributed by atoms with van der Waals surface area (Å²) in [4.78, 5) is 9.78. The van der Waals surface area contributed by atoms with Crippen molar-refractivity contribution >= 4 is 18.1 Å². The summed E-state index contributed by atoms with van der Waals surface area (Å²) in [6.45, 7) is 0.0398. The third kappa shape index (κ3) is 3.12. The molecule has 1 aromatic carbocycles. The molecule has 0 fully saturated rings. The summed E-state index contributed by atoms with van der Waals surface area (Å²) in [5, 5.41) is 10.4. The molecule has 0 saturated carbocycles. The zero-order chi connectivity index (χ0) is 10.7. The summed E-state index contributed by atoms with van der Waals surface area (Å²) in [6, 6.07) is 2.49. The summed E-state index contributed by atoms with van der Waals surface area (Å²) in [7, 11) is 0. The van der Waals surface area contributed by atoms with E-state index in [1.165, 1.54) is 0 Å². The van der Waals surface area contributed by atoms with Crippen LogP contribution < -0.4 is 11.5 Å². The van der Waals surface area contributed by atoms with E-state index in [0.29, 0.717) is 0 Å². The van der Waals surface area contributed by atoms with E-state index in [9.17, 15) is 14.5 Å².